The van der Waals surface area contributed by atoms with Gasteiger partial charge in [-0.05, 0) is 56.9 Å². The van der Waals surface area contributed by atoms with Gasteiger partial charge in [0.1, 0.15) is 5.58 Å². The van der Waals surface area contributed by atoms with E-state index in [9.17, 15) is 13.2 Å². The number of rotatable bonds is 9. The summed E-state index contributed by atoms with van der Waals surface area (Å²) >= 11 is 0. The molecule has 0 saturated heterocycles. The van der Waals surface area contributed by atoms with Crippen molar-refractivity contribution in [3.63, 3.8) is 0 Å². The van der Waals surface area contributed by atoms with Gasteiger partial charge in [-0.25, -0.2) is 13.2 Å². The van der Waals surface area contributed by atoms with Gasteiger partial charge in [0.15, 0.2) is 9.84 Å². The third-order valence-electron chi connectivity index (χ3n) is 4.30. The molecule has 2 rings (SSSR count). The minimum Gasteiger partial charge on any atom is -0.423 e. The molecule has 24 heavy (non-hydrogen) atoms. The molecule has 1 aromatic heterocycles. The quantitative estimate of drug-likeness (QED) is 0.504. The zero-order valence-corrected chi connectivity index (χ0v) is 15.3. The second-order valence-corrected chi connectivity index (χ2v) is 9.24. The summed E-state index contributed by atoms with van der Waals surface area (Å²) < 4.78 is 28.5. The van der Waals surface area contributed by atoms with Crippen LogP contribution in [0.15, 0.2) is 39.5 Å². The molecule has 0 unspecified atom stereocenters. The number of benzene rings is 1. The van der Waals surface area contributed by atoms with E-state index >= 15 is 0 Å². The van der Waals surface area contributed by atoms with Crippen molar-refractivity contribution in [2.45, 2.75) is 57.6 Å². The lowest BCUT2D eigenvalue weighted by molar-refractivity contribution is 0.560. The minimum atomic E-state index is -2.89. The first-order valence-corrected chi connectivity index (χ1v) is 10.3. The van der Waals surface area contributed by atoms with Crippen LogP contribution in [0.25, 0.3) is 11.0 Å². The molecule has 0 bridgehead atoms. The molecular weight excluding hydrogens is 324 g/mol. The highest BCUT2D eigenvalue weighted by molar-refractivity contribution is 7.91. The Bertz CT molecular complexity index is 819. The van der Waals surface area contributed by atoms with E-state index in [2.05, 4.69) is 6.07 Å². The maximum absolute atomic E-state index is 11.7. The molecule has 0 aliphatic rings. The Morgan fingerprint density at radius 1 is 0.958 bits per heavy atom. The van der Waals surface area contributed by atoms with Crippen LogP contribution in [0.2, 0.25) is 0 Å². The van der Waals surface area contributed by atoms with Gasteiger partial charge in [-0.1, -0.05) is 25.3 Å². The standard InChI is InChI=1S/C19H26O4S/c1-15(2)24(21,22)13-7-5-3-4-6-8-16-9-11-18-17(14-16)10-12-19(20)23-18/h9-12,14-15H,3-8,13H2,1-2H3. The molecule has 4 nitrogen and oxygen atoms in total. The van der Waals surface area contributed by atoms with Crippen molar-refractivity contribution in [3.05, 3.63) is 46.3 Å². The SMILES string of the molecule is CC(C)S(=O)(=O)CCCCCCCc1ccc2oc(=O)ccc2c1. The highest BCUT2D eigenvalue weighted by Crippen LogP contribution is 2.16. The lowest BCUT2D eigenvalue weighted by atomic mass is 10.0. The van der Waals surface area contributed by atoms with Crippen LogP contribution >= 0.6 is 0 Å². The maximum Gasteiger partial charge on any atom is 0.336 e. The third kappa shape index (κ3) is 5.48. The van der Waals surface area contributed by atoms with Gasteiger partial charge in [0.05, 0.1) is 11.0 Å². The number of unbranched alkanes of at least 4 members (excludes halogenated alkanes) is 4. The summed E-state index contributed by atoms with van der Waals surface area (Å²) in [4.78, 5) is 11.2. The van der Waals surface area contributed by atoms with E-state index in [1.807, 2.05) is 12.1 Å². The first-order chi connectivity index (χ1) is 11.4. The monoisotopic (exact) mass is 350 g/mol. The maximum atomic E-state index is 11.7. The average molecular weight is 350 g/mol. The summed E-state index contributed by atoms with van der Waals surface area (Å²) in [6, 6.07) is 9.15. The molecule has 0 fully saturated rings. The smallest absolute Gasteiger partial charge is 0.336 e. The lowest BCUT2D eigenvalue weighted by Gasteiger charge is -2.07. The van der Waals surface area contributed by atoms with Crippen LogP contribution in [0.4, 0.5) is 0 Å². The van der Waals surface area contributed by atoms with Crippen molar-refractivity contribution >= 4 is 20.8 Å². The molecule has 132 valence electrons. The van der Waals surface area contributed by atoms with Crippen molar-refractivity contribution in [2.75, 3.05) is 5.75 Å². The van der Waals surface area contributed by atoms with Gasteiger partial charge in [-0.2, -0.15) is 0 Å². The van der Waals surface area contributed by atoms with Crippen LogP contribution in [0.3, 0.4) is 0 Å². The molecule has 0 saturated carbocycles. The van der Waals surface area contributed by atoms with Crippen molar-refractivity contribution in [2.24, 2.45) is 0 Å². The number of aryl methyl sites for hydroxylation is 1. The fourth-order valence-corrected chi connectivity index (χ4v) is 3.75. The van der Waals surface area contributed by atoms with E-state index in [0.29, 0.717) is 11.3 Å². The Morgan fingerprint density at radius 2 is 1.67 bits per heavy atom. The van der Waals surface area contributed by atoms with Crippen LogP contribution in [-0.4, -0.2) is 19.4 Å². The summed E-state index contributed by atoms with van der Waals surface area (Å²) in [5.41, 5.74) is 1.53. The van der Waals surface area contributed by atoms with E-state index in [0.717, 1.165) is 43.9 Å². The third-order valence-corrected chi connectivity index (χ3v) is 6.59. The zero-order valence-electron chi connectivity index (χ0n) is 14.5. The molecule has 0 atom stereocenters. The molecule has 0 radical (unpaired) electrons. The minimum absolute atomic E-state index is 0.269. The van der Waals surface area contributed by atoms with E-state index in [-0.39, 0.29) is 10.9 Å². The molecule has 2 aromatic rings. The number of fused-ring (bicyclic) bond motifs is 1. The fourth-order valence-electron chi connectivity index (χ4n) is 2.68. The summed E-state index contributed by atoms with van der Waals surface area (Å²) in [5.74, 6) is 0.306. The van der Waals surface area contributed by atoms with E-state index in [1.165, 1.54) is 11.6 Å². The van der Waals surface area contributed by atoms with Crippen molar-refractivity contribution in [1.29, 1.82) is 0 Å². The predicted octanol–water partition coefficient (Wildman–Crippen LogP) is 4.11. The Balaban J connectivity index is 1.69. The first-order valence-electron chi connectivity index (χ1n) is 8.63. The summed E-state index contributed by atoms with van der Waals surface area (Å²) in [5, 5.41) is 0.681. The molecule has 0 spiro atoms. The number of sulfone groups is 1. The second-order valence-electron chi connectivity index (χ2n) is 6.56. The molecule has 1 aromatic carbocycles. The number of hydrogen-bond acceptors (Lipinski definition) is 4. The largest absolute Gasteiger partial charge is 0.423 e. The molecule has 0 amide bonds. The van der Waals surface area contributed by atoms with E-state index < -0.39 is 9.84 Å². The van der Waals surface area contributed by atoms with Gasteiger partial charge in [0.25, 0.3) is 0 Å². The Morgan fingerprint density at radius 3 is 2.42 bits per heavy atom. The molecule has 5 heteroatoms. The average Bonchev–Trinajstić information content (AvgIpc) is 2.53. The van der Waals surface area contributed by atoms with Crippen LogP contribution in [0, 0.1) is 0 Å². The van der Waals surface area contributed by atoms with Crippen LogP contribution in [0.5, 0.6) is 0 Å². The zero-order chi connectivity index (χ0) is 17.6. The summed E-state index contributed by atoms with van der Waals surface area (Å²) in [7, 11) is -2.89. The summed E-state index contributed by atoms with van der Waals surface area (Å²) in [6.07, 6.45) is 5.96. The Kier molecular flexibility index (Phi) is 6.60. The molecular formula is C19H26O4S. The van der Waals surface area contributed by atoms with Crippen LogP contribution < -0.4 is 5.63 Å². The molecule has 1 heterocycles. The van der Waals surface area contributed by atoms with Gasteiger partial charge in [-0.3, -0.25) is 0 Å². The lowest BCUT2D eigenvalue weighted by Crippen LogP contribution is -2.17. The van der Waals surface area contributed by atoms with Gasteiger partial charge < -0.3 is 4.42 Å². The van der Waals surface area contributed by atoms with Gasteiger partial charge >= 0.3 is 5.63 Å². The molecule has 0 N–H and O–H groups in total. The van der Waals surface area contributed by atoms with Crippen molar-refractivity contribution < 1.29 is 12.8 Å². The van der Waals surface area contributed by atoms with Crippen molar-refractivity contribution in [1.82, 2.24) is 0 Å². The first kappa shape index (κ1) is 18.7. The van der Waals surface area contributed by atoms with Crippen LogP contribution in [-0.2, 0) is 16.3 Å². The predicted molar refractivity (Wildman–Crippen MR) is 98.2 cm³/mol. The van der Waals surface area contributed by atoms with E-state index in [1.54, 1.807) is 19.9 Å². The topological polar surface area (TPSA) is 64.3 Å². The molecule has 0 aliphatic heterocycles. The van der Waals surface area contributed by atoms with E-state index in [4.69, 9.17) is 4.42 Å². The normalized spacial score (nSPS) is 12.1. The highest BCUT2D eigenvalue weighted by Gasteiger charge is 2.14. The second kappa shape index (κ2) is 8.47. The van der Waals surface area contributed by atoms with Crippen molar-refractivity contribution in [3.8, 4) is 0 Å². The highest BCUT2D eigenvalue weighted by atomic mass is 32.2. The Labute approximate surface area is 143 Å². The number of hydrogen-bond donors (Lipinski definition) is 0. The van der Waals surface area contributed by atoms with Gasteiger partial charge in [-0.15, -0.1) is 0 Å². The fraction of sp³-hybridized carbons (Fsp3) is 0.526. The van der Waals surface area contributed by atoms with Gasteiger partial charge in [0, 0.05) is 11.5 Å². The molecule has 0 aliphatic carbocycles. The summed E-state index contributed by atoms with van der Waals surface area (Å²) in [6.45, 7) is 3.48. The van der Waals surface area contributed by atoms with Crippen LogP contribution in [0.1, 0.15) is 51.5 Å². The Hall–Kier alpha value is -1.62. The van der Waals surface area contributed by atoms with Gasteiger partial charge in [0.2, 0.25) is 0 Å².